The lowest BCUT2D eigenvalue weighted by Crippen LogP contribution is -2.06. The van der Waals surface area contributed by atoms with E-state index in [0.29, 0.717) is 0 Å². The van der Waals surface area contributed by atoms with E-state index in [-0.39, 0.29) is 11.8 Å². The Morgan fingerprint density at radius 3 is 2.56 bits per heavy atom. The Kier molecular flexibility index (Phi) is 3.05. The van der Waals surface area contributed by atoms with Crippen LogP contribution in [0.5, 0.6) is 5.75 Å². The van der Waals surface area contributed by atoms with Crippen LogP contribution in [0.15, 0.2) is 48.8 Å². The monoisotopic (exact) mass is 214 g/mol. The standard InChI is InChI=1S/C13H14N2O/c1-10(11-3-2-8-14-9-11)15-12-4-6-13(16)7-5-12/h2-10,15-16H,1H3. The van der Waals surface area contributed by atoms with Gasteiger partial charge >= 0.3 is 0 Å². The van der Waals surface area contributed by atoms with Gasteiger partial charge in [0.25, 0.3) is 0 Å². The number of anilines is 1. The fourth-order valence-corrected chi connectivity index (χ4v) is 1.52. The van der Waals surface area contributed by atoms with Crippen molar-refractivity contribution in [1.29, 1.82) is 0 Å². The van der Waals surface area contributed by atoms with Gasteiger partial charge in [0, 0.05) is 18.1 Å². The first kappa shape index (κ1) is 10.5. The first-order chi connectivity index (χ1) is 7.75. The SMILES string of the molecule is CC(Nc1ccc(O)cc1)c1cccnc1. The van der Waals surface area contributed by atoms with Gasteiger partial charge in [-0.1, -0.05) is 6.07 Å². The number of aromatic hydroxyl groups is 1. The highest BCUT2D eigenvalue weighted by atomic mass is 16.3. The van der Waals surface area contributed by atoms with E-state index in [9.17, 15) is 5.11 Å². The molecule has 3 nitrogen and oxygen atoms in total. The quantitative estimate of drug-likeness (QED) is 0.772. The Labute approximate surface area is 94.8 Å². The molecule has 2 rings (SSSR count). The minimum absolute atomic E-state index is 0.193. The molecule has 2 N–H and O–H groups in total. The minimum atomic E-state index is 0.193. The van der Waals surface area contributed by atoms with Crippen molar-refractivity contribution in [3.63, 3.8) is 0 Å². The Bertz CT molecular complexity index is 439. The summed E-state index contributed by atoms with van der Waals surface area (Å²) in [5.74, 6) is 0.277. The Morgan fingerprint density at radius 1 is 1.19 bits per heavy atom. The molecule has 1 atom stereocenters. The zero-order valence-electron chi connectivity index (χ0n) is 9.09. The lowest BCUT2D eigenvalue weighted by molar-refractivity contribution is 0.475. The largest absolute Gasteiger partial charge is 0.508 e. The highest BCUT2D eigenvalue weighted by Gasteiger charge is 2.04. The second kappa shape index (κ2) is 4.66. The zero-order valence-corrected chi connectivity index (χ0v) is 9.09. The summed E-state index contributed by atoms with van der Waals surface area (Å²) in [6.07, 6.45) is 3.61. The van der Waals surface area contributed by atoms with E-state index >= 15 is 0 Å². The van der Waals surface area contributed by atoms with Gasteiger partial charge in [0.15, 0.2) is 0 Å². The van der Waals surface area contributed by atoms with Crippen LogP contribution < -0.4 is 5.32 Å². The molecule has 1 unspecified atom stereocenters. The molecule has 0 aliphatic carbocycles. The predicted octanol–water partition coefficient (Wildman–Crippen LogP) is 2.96. The van der Waals surface area contributed by atoms with E-state index in [0.717, 1.165) is 11.3 Å². The number of hydrogen-bond donors (Lipinski definition) is 2. The van der Waals surface area contributed by atoms with Gasteiger partial charge in [-0.2, -0.15) is 0 Å². The average molecular weight is 214 g/mol. The van der Waals surface area contributed by atoms with Crippen molar-refractivity contribution >= 4 is 5.69 Å². The van der Waals surface area contributed by atoms with Crippen molar-refractivity contribution in [2.45, 2.75) is 13.0 Å². The number of nitrogens with zero attached hydrogens (tertiary/aromatic N) is 1. The summed E-state index contributed by atoms with van der Waals surface area (Å²) in [6, 6.07) is 11.2. The van der Waals surface area contributed by atoms with Gasteiger partial charge in [0.2, 0.25) is 0 Å². The molecular formula is C13H14N2O. The van der Waals surface area contributed by atoms with Crippen molar-refractivity contribution in [1.82, 2.24) is 4.98 Å². The molecule has 0 fully saturated rings. The number of hydrogen-bond acceptors (Lipinski definition) is 3. The lowest BCUT2D eigenvalue weighted by Gasteiger charge is -2.15. The second-order valence-electron chi connectivity index (χ2n) is 3.70. The van der Waals surface area contributed by atoms with Crippen LogP contribution in [0.3, 0.4) is 0 Å². The van der Waals surface area contributed by atoms with E-state index in [1.165, 1.54) is 0 Å². The number of aromatic nitrogens is 1. The zero-order chi connectivity index (χ0) is 11.4. The fraction of sp³-hybridized carbons (Fsp3) is 0.154. The molecule has 0 amide bonds. The maximum absolute atomic E-state index is 9.17. The van der Waals surface area contributed by atoms with E-state index in [1.807, 2.05) is 30.5 Å². The van der Waals surface area contributed by atoms with Gasteiger partial charge in [-0.05, 0) is 42.8 Å². The predicted molar refractivity (Wildman–Crippen MR) is 64.4 cm³/mol. The van der Waals surface area contributed by atoms with E-state index < -0.39 is 0 Å². The minimum Gasteiger partial charge on any atom is -0.508 e. The third-order valence-electron chi connectivity index (χ3n) is 2.43. The van der Waals surface area contributed by atoms with Crippen LogP contribution >= 0.6 is 0 Å². The average Bonchev–Trinajstić information content (AvgIpc) is 2.33. The molecule has 0 aliphatic heterocycles. The third kappa shape index (κ3) is 2.51. The molecule has 16 heavy (non-hydrogen) atoms. The molecule has 0 spiro atoms. The summed E-state index contributed by atoms with van der Waals surface area (Å²) in [6.45, 7) is 2.07. The van der Waals surface area contributed by atoms with Gasteiger partial charge in [-0.3, -0.25) is 4.98 Å². The first-order valence-electron chi connectivity index (χ1n) is 5.21. The highest BCUT2D eigenvalue weighted by molar-refractivity contribution is 5.47. The lowest BCUT2D eigenvalue weighted by atomic mass is 10.1. The maximum atomic E-state index is 9.17. The summed E-state index contributed by atoms with van der Waals surface area (Å²) < 4.78 is 0. The van der Waals surface area contributed by atoms with Crippen molar-refractivity contribution in [2.24, 2.45) is 0 Å². The van der Waals surface area contributed by atoms with E-state index in [4.69, 9.17) is 0 Å². The van der Waals surface area contributed by atoms with Crippen molar-refractivity contribution in [3.8, 4) is 5.75 Å². The van der Waals surface area contributed by atoms with Crippen LogP contribution in [0.25, 0.3) is 0 Å². The van der Waals surface area contributed by atoms with Crippen LogP contribution in [0.1, 0.15) is 18.5 Å². The molecule has 0 bridgehead atoms. The second-order valence-corrected chi connectivity index (χ2v) is 3.70. The normalized spacial score (nSPS) is 12.1. The van der Waals surface area contributed by atoms with Crippen LogP contribution in [-0.4, -0.2) is 10.1 Å². The van der Waals surface area contributed by atoms with Gasteiger partial charge in [0.1, 0.15) is 5.75 Å². The molecule has 2 aromatic rings. The Balaban J connectivity index is 2.08. The van der Waals surface area contributed by atoms with Crippen molar-refractivity contribution < 1.29 is 5.11 Å². The number of rotatable bonds is 3. The number of nitrogens with one attached hydrogen (secondary N) is 1. The molecule has 0 radical (unpaired) electrons. The smallest absolute Gasteiger partial charge is 0.115 e. The number of pyridine rings is 1. The first-order valence-corrected chi connectivity index (χ1v) is 5.21. The molecular weight excluding hydrogens is 200 g/mol. The molecule has 1 heterocycles. The summed E-state index contributed by atoms with van der Waals surface area (Å²) in [5, 5.41) is 12.5. The van der Waals surface area contributed by atoms with Crippen LogP contribution in [0.2, 0.25) is 0 Å². The molecule has 1 aromatic carbocycles. The van der Waals surface area contributed by atoms with Gasteiger partial charge < -0.3 is 10.4 Å². The summed E-state index contributed by atoms with van der Waals surface area (Å²) in [5.41, 5.74) is 2.12. The van der Waals surface area contributed by atoms with Crippen LogP contribution in [0, 0.1) is 0 Å². The topological polar surface area (TPSA) is 45.1 Å². The number of phenolic OH excluding ortho intramolecular Hbond substituents is 1. The molecule has 82 valence electrons. The third-order valence-corrected chi connectivity index (χ3v) is 2.43. The summed E-state index contributed by atoms with van der Waals surface area (Å²) in [7, 11) is 0. The number of phenols is 1. The van der Waals surface area contributed by atoms with Crippen LogP contribution in [-0.2, 0) is 0 Å². The highest BCUT2D eigenvalue weighted by Crippen LogP contribution is 2.20. The Hall–Kier alpha value is -2.03. The van der Waals surface area contributed by atoms with Gasteiger partial charge in [-0.15, -0.1) is 0 Å². The molecule has 0 aliphatic rings. The fourth-order valence-electron chi connectivity index (χ4n) is 1.52. The molecule has 0 saturated heterocycles. The maximum Gasteiger partial charge on any atom is 0.115 e. The van der Waals surface area contributed by atoms with Gasteiger partial charge in [-0.25, -0.2) is 0 Å². The van der Waals surface area contributed by atoms with Crippen molar-refractivity contribution in [3.05, 3.63) is 54.4 Å². The van der Waals surface area contributed by atoms with E-state index in [2.05, 4.69) is 17.2 Å². The molecule has 1 aromatic heterocycles. The van der Waals surface area contributed by atoms with Gasteiger partial charge in [0.05, 0.1) is 6.04 Å². The van der Waals surface area contributed by atoms with E-state index in [1.54, 1.807) is 18.3 Å². The summed E-state index contributed by atoms with van der Waals surface area (Å²) >= 11 is 0. The summed E-state index contributed by atoms with van der Waals surface area (Å²) in [4.78, 5) is 4.08. The molecule has 3 heteroatoms. The van der Waals surface area contributed by atoms with Crippen molar-refractivity contribution in [2.75, 3.05) is 5.32 Å². The van der Waals surface area contributed by atoms with Crippen LogP contribution in [0.4, 0.5) is 5.69 Å². The molecule has 0 saturated carbocycles. The number of benzene rings is 1. The Morgan fingerprint density at radius 2 is 1.94 bits per heavy atom.